The number of halogens is 1. The van der Waals surface area contributed by atoms with Gasteiger partial charge in [0.2, 0.25) is 5.91 Å². The van der Waals surface area contributed by atoms with E-state index in [1.165, 1.54) is 0 Å². The van der Waals surface area contributed by atoms with Crippen molar-refractivity contribution < 1.29 is 19.1 Å². The number of rotatable bonds is 5. The molecule has 0 spiro atoms. The van der Waals surface area contributed by atoms with Crippen molar-refractivity contribution in [3.63, 3.8) is 0 Å². The molecule has 0 aromatic heterocycles. The Morgan fingerprint density at radius 3 is 2.48 bits per heavy atom. The number of nitrogens with zero attached hydrogens (tertiary/aromatic N) is 1. The van der Waals surface area contributed by atoms with Crippen molar-refractivity contribution in [1.29, 1.82) is 0 Å². The van der Waals surface area contributed by atoms with Crippen molar-refractivity contribution in [2.45, 2.75) is 27.2 Å². The molecule has 1 aliphatic heterocycles. The summed E-state index contributed by atoms with van der Waals surface area (Å²) in [4.78, 5) is 38.5. The molecule has 7 heteroatoms. The normalized spacial score (nSPS) is 16.1. The summed E-state index contributed by atoms with van der Waals surface area (Å²) >= 11 is 6.14. The van der Waals surface area contributed by atoms with Gasteiger partial charge < -0.3 is 15.0 Å². The van der Waals surface area contributed by atoms with Gasteiger partial charge >= 0.3 is 5.97 Å². The van der Waals surface area contributed by atoms with Crippen LogP contribution in [0, 0.1) is 26.7 Å². The van der Waals surface area contributed by atoms with Crippen LogP contribution in [0.15, 0.2) is 36.4 Å². The molecule has 2 amide bonds. The number of carbonyl (C=O) groups excluding carboxylic acids is 3. The molecule has 0 radical (unpaired) electrons. The minimum absolute atomic E-state index is 0.0449. The largest absolute Gasteiger partial charge is 0.455 e. The van der Waals surface area contributed by atoms with Gasteiger partial charge in [-0.15, -0.1) is 0 Å². The van der Waals surface area contributed by atoms with Crippen molar-refractivity contribution in [3.8, 4) is 0 Å². The maximum absolute atomic E-state index is 12.4. The van der Waals surface area contributed by atoms with Crippen molar-refractivity contribution in [3.05, 3.63) is 58.1 Å². The molecule has 0 aliphatic carbocycles. The number of carbonyl (C=O) groups is 3. The van der Waals surface area contributed by atoms with Crippen LogP contribution in [0.4, 0.5) is 11.4 Å². The van der Waals surface area contributed by atoms with Gasteiger partial charge in [-0.2, -0.15) is 0 Å². The zero-order valence-corrected chi connectivity index (χ0v) is 17.4. The summed E-state index contributed by atoms with van der Waals surface area (Å²) in [5, 5.41) is 3.33. The molecule has 0 saturated carbocycles. The highest BCUT2D eigenvalue weighted by Crippen LogP contribution is 2.31. The Kier molecular flexibility index (Phi) is 6.23. The van der Waals surface area contributed by atoms with Crippen LogP contribution >= 0.6 is 11.6 Å². The summed E-state index contributed by atoms with van der Waals surface area (Å²) in [6.45, 7) is 5.43. The van der Waals surface area contributed by atoms with Crippen LogP contribution in [0.1, 0.15) is 23.1 Å². The Balaban J connectivity index is 1.58. The average Bonchev–Trinajstić information content (AvgIpc) is 3.06. The van der Waals surface area contributed by atoms with Gasteiger partial charge in [0, 0.05) is 29.4 Å². The maximum atomic E-state index is 12.4. The number of benzene rings is 2. The highest BCUT2D eigenvalue weighted by Gasteiger charge is 2.37. The lowest BCUT2D eigenvalue weighted by molar-refractivity contribution is -0.151. The van der Waals surface area contributed by atoms with E-state index < -0.39 is 24.4 Å². The summed E-state index contributed by atoms with van der Waals surface area (Å²) in [5.41, 5.74) is 4.04. The van der Waals surface area contributed by atoms with Crippen LogP contribution in [0.25, 0.3) is 0 Å². The van der Waals surface area contributed by atoms with E-state index >= 15 is 0 Å². The second kappa shape index (κ2) is 8.66. The Morgan fingerprint density at radius 1 is 1.14 bits per heavy atom. The van der Waals surface area contributed by atoms with Crippen molar-refractivity contribution in [1.82, 2.24) is 0 Å². The molecule has 29 heavy (non-hydrogen) atoms. The lowest BCUT2D eigenvalue weighted by Gasteiger charge is -2.19. The predicted octanol–water partition coefficient (Wildman–Crippen LogP) is 3.80. The van der Waals surface area contributed by atoms with Gasteiger partial charge in [-0.1, -0.05) is 35.9 Å². The van der Waals surface area contributed by atoms with E-state index in [2.05, 4.69) is 5.32 Å². The quantitative estimate of drug-likeness (QED) is 0.755. The molecule has 3 rings (SSSR count). The maximum Gasteiger partial charge on any atom is 0.311 e. The molecule has 0 unspecified atom stereocenters. The number of esters is 1. The van der Waals surface area contributed by atoms with Crippen LogP contribution in [-0.4, -0.2) is 30.9 Å². The van der Waals surface area contributed by atoms with Crippen molar-refractivity contribution in [2.75, 3.05) is 23.4 Å². The summed E-state index contributed by atoms with van der Waals surface area (Å²) in [6, 6.07) is 11.0. The highest BCUT2D eigenvalue weighted by atomic mass is 35.5. The van der Waals surface area contributed by atoms with Crippen LogP contribution in [-0.2, 0) is 19.1 Å². The number of para-hydroxylation sites is 1. The van der Waals surface area contributed by atoms with E-state index in [1.54, 1.807) is 23.1 Å². The summed E-state index contributed by atoms with van der Waals surface area (Å²) in [7, 11) is 0. The molecule has 152 valence electrons. The van der Waals surface area contributed by atoms with Gasteiger partial charge in [-0.3, -0.25) is 14.4 Å². The van der Waals surface area contributed by atoms with Crippen LogP contribution < -0.4 is 10.2 Å². The Hall–Kier alpha value is -2.86. The first-order valence-electron chi connectivity index (χ1n) is 9.36. The minimum atomic E-state index is -0.617. The molecule has 2 aromatic rings. The van der Waals surface area contributed by atoms with Gasteiger partial charge in [-0.05, 0) is 49.6 Å². The number of anilines is 2. The van der Waals surface area contributed by atoms with Gasteiger partial charge in [0.15, 0.2) is 6.61 Å². The molecule has 2 aromatic carbocycles. The van der Waals surface area contributed by atoms with Gasteiger partial charge in [0.05, 0.1) is 5.92 Å². The Morgan fingerprint density at radius 2 is 1.79 bits per heavy atom. The summed E-state index contributed by atoms with van der Waals surface area (Å²) in [6.07, 6.45) is 0.0449. The molecule has 1 heterocycles. The highest BCUT2D eigenvalue weighted by molar-refractivity contribution is 6.31. The Labute approximate surface area is 174 Å². The average molecular weight is 415 g/mol. The second-order valence-electron chi connectivity index (χ2n) is 7.21. The zero-order chi connectivity index (χ0) is 21.1. The molecule has 6 nitrogen and oxygen atoms in total. The summed E-state index contributed by atoms with van der Waals surface area (Å²) < 4.78 is 5.17. The van der Waals surface area contributed by atoms with E-state index in [4.69, 9.17) is 16.3 Å². The fourth-order valence-corrected chi connectivity index (χ4v) is 3.60. The number of hydrogen-bond donors (Lipinski definition) is 1. The summed E-state index contributed by atoms with van der Waals surface area (Å²) in [5.74, 6) is -1.76. The van der Waals surface area contributed by atoms with Crippen LogP contribution in [0.2, 0.25) is 5.02 Å². The topological polar surface area (TPSA) is 75.7 Å². The first-order chi connectivity index (χ1) is 13.8. The molecule has 1 N–H and O–H groups in total. The van der Waals surface area contributed by atoms with Gasteiger partial charge in [-0.25, -0.2) is 0 Å². The standard InChI is InChI=1S/C22H23ClN2O4/c1-13-6-4-7-14(2)21(13)24-19(26)12-29-22(28)16-10-20(27)25(11-16)18-9-5-8-17(23)15(18)3/h4-9,16H,10-12H2,1-3H3,(H,24,26)/t16-/m0/s1. The number of hydrogen-bond acceptors (Lipinski definition) is 4. The van der Waals surface area contributed by atoms with Gasteiger partial charge in [0.25, 0.3) is 5.91 Å². The van der Waals surface area contributed by atoms with Crippen LogP contribution in [0.5, 0.6) is 0 Å². The number of aryl methyl sites for hydroxylation is 2. The van der Waals surface area contributed by atoms with E-state index in [9.17, 15) is 14.4 Å². The third kappa shape index (κ3) is 4.59. The van der Waals surface area contributed by atoms with Gasteiger partial charge in [0.1, 0.15) is 0 Å². The Bertz CT molecular complexity index is 953. The molecule has 0 bridgehead atoms. The number of amides is 2. The SMILES string of the molecule is Cc1cccc(C)c1NC(=O)COC(=O)[C@H]1CC(=O)N(c2cccc(Cl)c2C)C1. The first kappa shape index (κ1) is 20.9. The fourth-order valence-electron chi connectivity index (χ4n) is 3.43. The molecule has 1 saturated heterocycles. The molecule has 1 fully saturated rings. The smallest absolute Gasteiger partial charge is 0.311 e. The van der Waals surface area contributed by atoms with Crippen molar-refractivity contribution >= 4 is 40.8 Å². The van der Waals surface area contributed by atoms with E-state index in [0.29, 0.717) is 16.4 Å². The zero-order valence-electron chi connectivity index (χ0n) is 16.6. The third-order valence-electron chi connectivity index (χ3n) is 5.08. The lowest BCUT2D eigenvalue weighted by Crippen LogP contribution is -2.28. The first-order valence-corrected chi connectivity index (χ1v) is 9.74. The van der Waals surface area contributed by atoms with Crippen LogP contribution in [0.3, 0.4) is 0 Å². The second-order valence-corrected chi connectivity index (χ2v) is 7.62. The molecule has 1 atom stereocenters. The minimum Gasteiger partial charge on any atom is -0.455 e. The predicted molar refractivity (Wildman–Crippen MR) is 112 cm³/mol. The third-order valence-corrected chi connectivity index (χ3v) is 5.49. The number of nitrogens with one attached hydrogen (secondary N) is 1. The van der Waals surface area contributed by atoms with Crippen molar-refractivity contribution in [2.24, 2.45) is 5.92 Å². The molecule has 1 aliphatic rings. The van der Waals surface area contributed by atoms with E-state index in [-0.39, 0.29) is 18.9 Å². The number of ether oxygens (including phenoxy) is 1. The monoisotopic (exact) mass is 414 g/mol. The molecular weight excluding hydrogens is 392 g/mol. The fraction of sp³-hybridized carbons (Fsp3) is 0.318. The lowest BCUT2D eigenvalue weighted by atomic mass is 10.1. The molecular formula is C22H23ClN2O4. The van der Waals surface area contributed by atoms with E-state index in [1.807, 2.05) is 39.0 Å². The van der Waals surface area contributed by atoms with E-state index in [0.717, 1.165) is 16.7 Å².